The van der Waals surface area contributed by atoms with Crippen LogP contribution in [0, 0.1) is 0 Å². The third kappa shape index (κ3) is 3.91. The van der Waals surface area contributed by atoms with Crippen LogP contribution in [-0.2, 0) is 10.2 Å². The fourth-order valence-electron chi connectivity index (χ4n) is 0.821. The lowest BCUT2D eigenvalue weighted by Gasteiger charge is -2.24. The molecule has 0 aromatic heterocycles. The molecule has 0 saturated heterocycles. The molecule has 0 heterocycles. The van der Waals surface area contributed by atoms with Crippen LogP contribution in [0.3, 0.4) is 0 Å². The van der Waals surface area contributed by atoms with Crippen molar-refractivity contribution in [1.82, 2.24) is 9.03 Å². The Morgan fingerprint density at radius 1 is 1.43 bits per heavy atom. The molecule has 0 radical (unpaired) electrons. The van der Waals surface area contributed by atoms with Crippen LogP contribution in [0.5, 0.6) is 0 Å². The van der Waals surface area contributed by atoms with Gasteiger partial charge in [-0.15, -0.1) is 0 Å². The van der Waals surface area contributed by atoms with Gasteiger partial charge in [-0.3, -0.25) is 0 Å². The predicted molar refractivity (Wildman–Crippen MR) is 56.1 cm³/mol. The first kappa shape index (κ1) is 13.8. The first-order valence-corrected chi connectivity index (χ1v) is 6.15. The first-order valence-electron chi connectivity index (χ1n) is 4.71. The highest BCUT2D eigenvalue weighted by molar-refractivity contribution is 7.87. The first-order chi connectivity index (χ1) is 6.35. The molecule has 0 amide bonds. The van der Waals surface area contributed by atoms with Crippen molar-refractivity contribution in [1.29, 1.82) is 0 Å². The molecule has 6 heteroatoms. The van der Waals surface area contributed by atoms with E-state index < -0.39 is 16.3 Å². The SMILES string of the molecule is CC[C@@H](CO)NS(=O)(=O)N(C)C(C)C. The summed E-state index contributed by atoms with van der Waals surface area (Å²) < 4.78 is 26.9. The fourth-order valence-corrected chi connectivity index (χ4v) is 2.20. The number of nitrogens with one attached hydrogen (secondary N) is 1. The highest BCUT2D eigenvalue weighted by atomic mass is 32.2. The van der Waals surface area contributed by atoms with E-state index in [1.165, 1.54) is 11.4 Å². The Bertz CT molecular complexity index is 247. The van der Waals surface area contributed by atoms with E-state index in [1.54, 1.807) is 13.8 Å². The summed E-state index contributed by atoms with van der Waals surface area (Å²) in [5.74, 6) is 0. The summed E-state index contributed by atoms with van der Waals surface area (Å²) in [4.78, 5) is 0. The van der Waals surface area contributed by atoms with Crippen LogP contribution in [0.15, 0.2) is 0 Å². The molecule has 5 nitrogen and oxygen atoms in total. The average Bonchev–Trinajstić information content (AvgIpc) is 2.12. The molecule has 1 atom stereocenters. The van der Waals surface area contributed by atoms with E-state index >= 15 is 0 Å². The van der Waals surface area contributed by atoms with Crippen molar-refractivity contribution in [3.05, 3.63) is 0 Å². The van der Waals surface area contributed by atoms with Gasteiger partial charge in [-0.1, -0.05) is 6.92 Å². The summed E-state index contributed by atoms with van der Waals surface area (Å²) in [6, 6.07) is -0.495. The van der Waals surface area contributed by atoms with Crippen LogP contribution in [-0.4, -0.2) is 43.6 Å². The summed E-state index contributed by atoms with van der Waals surface area (Å²) in [5.41, 5.74) is 0. The Kier molecular flexibility index (Phi) is 5.58. The lowest BCUT2D eigenvalue weighted by molar-refractivity contribution is 0.250. The van der Waals surface area contributed by atoms with Crippen molar-refractivity contribution in [2.45, 2.75) is 39.3 Å². The van der Waals surface area contributed by atoms with Crippen molar-refractivity contribution in [2.75, 3.05) is 13.7 Å². The Labute approximate surface area is 86.3 Å². The van der Waals surface area contributed by atoms with Gasteiger partial charge in [0, 0.05) is 19.1 Å². The van der Waals surface area contributed by atoms with Gasteiger partial charge in [0.2, 0.25) is 0 Å². The molecule has 0 aliphatic carbocycles. The van der Waals surface area contributed by atoms with E-state index in [1.807, 2.05) is 6.92 Å². The smallest absolute Gasteiger partial charge is 0.279 e. The minimum atomic E-state index is -3.46. The van der Waals surface area contributed by atoms with Crippen LogP contribution in [0.4, 0.5) is 0 Å². The third-order valence-corrected chi connectivity index (χ3v) is 3.95. The van der Waals surface area contributed by atoms with Crippen LogP contribution in [0.1, 0.15) is 27.2 Å². The standard InChI is InChI=1S/C8H20N2O3S/c1-5-8(6-11)9-14(12,13)10(4)7(2)3/h7-9,11H,5-6H2,1-4H3/t8-/m0/s1. The lowest BCUT2D eigenvalue weighted by atomic mass is 10.3. The highest BCUT2D eigenvalue weighted by Gasteiger charge is 2.22. The van der Waals surface area contributed by atoms with Crippen LogP contribution in [0.25, 0.3) is 0 Å². The predicted octanol–water partition coefficient (Wildman–Crippen LogP) is -0.0681. The van der Waals surface area contributed by atoms with Gasteiger partial charge in [-0.2, -0.15) is 17.4 Å². The summed E-state index contributed by atoms with van der Waals surface area (Å²) in [6.07, 6.45) is 0.571. The van der Waals surface area contributed by atoms with Crippen LogP contribution >= 0.6 is 0 Å². The van der Waals surface area contributed by atoms with Crippen molar-refractivity contribution in [3.8, 4) is 0 Å². The highest BCUT2D eigenvalue weighted by Crippen LogP contribution is 2.02. The van der Waals surface area contributed by atoms with Crippen molar-refractivity contribution in [3.63, 3.8) is 0 Å². The van der Waals surface area contributed by atoms with Crippen molar-refractivity contribution >= 4 is 10.2 Å². The number of rotatable bonds is 6. The molecule has 0 fully saturated rings. The quantitative estimate of drug-likeness (QED) is 0.663. The fraction of sp³-hybridized carbons (Fsp3) is 1.00. The lowest BCUT2D eigenvalue weighted by Crippen LogP contribution is -2.47. The van der Waals surface area contributed by atoms with Gasteiger partial charge in [0.15, 0.2) is 0 Å². The number of aliphatic hydroxyl groups is 1. The number of hydrogen-bond acceptors (Lipinski definition) is 3. The largest absolute Gasteiger partial charge is 0.395 e. The Morgan fingerprint density at radius 2 is 1.93 bits per heavy atom. The summed E-state index contributed by atoms with van der Waals surface area (Å²) in [7, 11) is -1.95. The van der Waals surface area contributed by atoms with Gasteiger partial charge in [-0.05, 0) is 20.3 Å². The molecule has 0 rings (SSSR count). The Morgan fingerprint density at radius 3 is 2.21 bits per heavy atom. The van der Waals surface area contributed by atoms with Crippen molar-refractivity contribution < 1.29 is 13.5 Å². The van der Waals surface area contributed by atoms with Gasteiger partial charge in [0.05, 0.1) is 6.61 Å². The maximum atomic E-state index is 11.6. The molecule has 0 aliphatic heterocycles. The maximum absolute atomic E-state index is 11.6. The molecular formula is C8H20N2O3S. The molecule has 0 bridgehead atoms. The monoisotopic (exact) mass is 224 g/mol. The van der Waals surface area contributed by atoms with Gasteiger partial charge in [0.25, 0.3) is 10.2 Å². The van der Waals surface area contributed by atoms with E-state index in [4.69, 9.17) is 5.11 Å². The second-order valence-corrected chi connectivity index (χ2v) is 5.28. The van der Waals surface area contributed by atoms with Gasteiger partial charge < -0.3 is 5.11 Å². The second kappa shape index (κ2) is 5.65. The van der Waals surface area contributed by atoms with Gasteiger partial charge >= 0.3 is 0 Å². The molecule has 0 unspecified atom stereocenters. The van der Waals surface area contributed by atoms with Gasteiger partial charge in [-0.25, -0.2) is 0 Å². The minimum Gasteiger partial charge on any atom is -0.395 e. The summed E-state index contributed by atoms with van der Waals surface area (Å²) >= 11 is 0. The molecule has 0 aromatic rings. The maximum Gasteiger partial charge on any atom is 0.279 e. The topological polar surface area (TPSA) is 69.6 Å². The third-order valence-electron chi connectivity index (χ3n) is 2.14. The molecule has 14 heavy (non-hydrogen) atoms. The summed E-state index contributed by atoms with van der Waals surface area (Å²) in [5, 5.41) is 8.86. The second-order valence-electron chi connectivity index (χ2n) is 3.52. The van der Waals surface area contributed by atoms with E-state index in [0.717, 1.165) is 0 Å². The minimum absolute atomic E-state index is 0.0938. The number of nitrogens with zero attached hydrogens (tertiary/aromatic N) is 1. The zero-order valence-corrected chi connectivity index (χ0v) is 10.0. The van der Waals surface area contributed by atoms with Gasteiger partial charge in [0.1, 0.15) is 0 Å². The molecule has 0 saturated carbocycles. The van der Waals surface area contributed by atoms with Crippen LogP contribution in [0.2, 0.25) is 0 Å². The Hall–Kier alpha value is -0.170. The molecule has 86 valence electrons. The van der Waals surface area contributed by atoms with E-state index in [-0.39, 0.29) is 12.6 Å². The van der Waals surface area contributed by atoms with E-state index in [9.17, 15) is 8.42 Å². The molecule has 0 aromatic carbocycles. The number of hydrogen-bond donors (Lipinski definition) is 2. The normalized spacial score (nSPS) is 15.1. The zero-order valence-electron chi connectivity index (χ0n) is 9.19. The molecule has 0 aliphatic rings. The summed E-state index contributed by atoms with van der Waals surface area (Å²) in [6.45, 7) is 5.22. The number of aliphatic hydroxyl groups excluding tert-OH is 1. The van der Waals surface area contributed by atoms with E-state index in [0.29, 0.717) is 6.42 Å². The molecule has 2 N–H and O–H groups in total. The van der Waals surface area contributed by atoms with Crippen molar-refractivity contribution in [2.24, 2.45) is 0 Å². The Balaban J connectivity index is 4.48. The zero-order chi connectivity index (χ0) is 11.4. The molecular weight excluding hydrogens is 204 g/mol. The average molecular weight is 224 g/mol. The van der Waals surface area contributed by atoms with Crippen LogP contribution < -0.4 is 4.72 Å². The molecule has 0 spiro atoms. The van der Waals surface area contributed by atoms with E-state index in [2.05, 4.69) is 4.72 Å².